The Bertz CT molecular complexity index is 1100. The maximum absolute atomic E-state index is 12.7. The van der Waals surface area contributed by atoms with Crippen molar-refractivity contribution in [2.45, 2.75) is 142 Å². The van der Waals surface area contributed by atoms with Crippen molar-refractivity contribution in [3.05, 3.63) is 11.6 Å². The summed E-state index contributed by atoms with van der Waals surface area (Å²) in [5.74, 6) is 1.40. The Morgan fingerprint density at radius 2 is 1.52 bits per heavy atom. The highest BCUT2D eigenvalue weighted by molar-refractivity contribution is 5.76. The fourth-order valence-corrected chi connectivity index (χ4v) is 12.4. The number of carboxylic acids is 1. The predicted molar refractivity (Wildman–Crippen MR) is 159 cm³/mol. The smallest absolute Gasteiger partial charge is 0.310 e. The van der Waals surface area contributed by atoms with Crippen LogP contribution in [-0.4, -0.2) is 68.1 Å². The molecule has 7 heteroatoms. The third-order valence-electron chi connectivity index (χ3n) is 14.7. The fraction of sp³-hybridized carbons (Fsp3) is 0.914. The van der Waals surface area contributed by atoms with E-state index in [0.717, 1.165) is 64.2 Å². The summed E-state index contributed by atoms with van der Waals surface area (Å²) in [6, 6.07) is 0. The van der Waals surface area contributed by atoms with Gasteiger partial charge in [0.15, 0.2) is 0 Å². The van der Waals surface area contributed by atoms with Crippen LogP contribution in [0.15, 0.2) is 11.6 Å². The van der Waals surface area contributed by atoms with Crippen LogP contribution in [0, 0.1) is 57.2 Å². The lowest BCUT2D eigenvalue weighted by atomic mass is 9.36. The molecular formula is C35H56O7. The highest BCUT2D eigenvalue weighted by atomic mass is 16.5. The van der Waals surface area contributed by atoms with Gasteiger partial charge in [0, 0.05) is 0 Å². The number of aliphatic hydroxyl groups is 4. The minimum Gasteiger partial charge on any atom is -0.481 e. The van der Waals surface area contributed by atoms with Gasteiger partial charge in [-0.25, -0.2) is 0 Å². The second kappa shape index (κ2) is 10.3. The zero-order valence-corrected chi connectivity index (χ0v) is 26.6. The number of allylic oxidation sites excluding steroid dienone is 2. The second-order valence-corrected chi connectivity index (χ2v) is 16.8. The molecule has 14 unspecified atom stereocenters. The monoisotopic (exact) mass is 588 g/mol. The minimum atomic E-state index is -1.34. The zero-order chi connectivity index (χ0) is 30.6. The number of carboxylic acid groups (broad SMARTS) is 1. The number of aliphatic hydroxyl groups excluding tert-OH is 4. The summed E-state index contributed by atoms with van der Waals surface area (Å²) in [4.78, 5) is 12.7. The quantitative estimate of drug-likeness (QED) is 0.296. The van der Waals surface area contributed by atoms with Crippen LogP contribution in [0.3, 0.4) is 0 Å². The van der Waals surface area contributed by atoms with Crippen LogP contribution in [0.25, 0.3) is 0 Å². The summed E-state index contributed by atoms with van der Waals surface area (Å²) in [6.07, 6.45) is 5.70. The van der Waals surface area contributed by atoms with Gasteiger partial charge in [0.1, 0.15) is 24.4 Å². The van der Waals surface area contributed by atoms with Gasteiger partial charge in [0.05, 0.1) is 17.6 Å². The minimum absolute atomic E-state index is 0.0883. The van der Waals surface area contributed by atoms with E-state index in [0.29, 0.717) is 23.7 Å². The Kier molecular flexibility index (Phi) is 7.58. The molecular weight excluding hydrogens is 532 g/mol. The Labute approximate surface area is 252 Å². The molecule has 0 amide bonds. The van der Waals surface area contributed by atoms with E-state index in [9.17, 15) is 30.3 Å². The van der Waals surface area contributed by atoms with Gasteiger partial charge in [-0.2, -0.15) is 0 Å². The fourth-order valence-electron chi connectivity index (χ4n) is 12.4. The van der Waals surface area contributed by atoms with E-state index in [1.54, 1.807) is 6.92 Å². The lowest BCUT2D eigenvalue weighted by Crippen LogP contribution is -2.65. The van der Waals surface area contributed by atoms with Crippen molar-refractivity contribution < 1.29 is 35.1 Å². The molecule has 4 saturated carbocycles. The Balaban J connectivity index is 1.28. The van der Waals surface area contributed by atoms with Gasteiger partial charge in [0.2, 0.25) is 0 Å². The van der Waals surface area contributed by atoms with Gasteiger partial charge >= 0.3 is 5.97 Å². The largest absolute Gasteiger partial charge is 0.481 e. The van der Waals surface area contributed by atoms with E-state index in [1.165, 1.54) is 5.57 Å². The van der Waals surface area contributed by atoms with Gasteiger partial charge in [0.25, 0.3) is 0 Å². The van der Waals surface area contributed by atoms with Gasteiger partial charge in [-0.1, -0.05) is 46.3 Å². The molecule has 0 bridgehead atoms. The highest BCUT2D eigenvalue weighted by Crippen LogP contribution is 2.72. The molecule has 5 aliphatic carbocycles. The van der Waals surface area contributed by atoms with Gasteiger partial charge in [-0.3, -0.25) is 4.79 Å². The third kappa shape index (κ3) is 4.19. The molecule has 1 saturated heterocycles. The molecule has 0 aromatic carbocycles. The SMILES string of the molecule is CC1CCC2(C(=O)O)CCC3C(=CCC4C3(C)CCC3C(C)(C)C([C@H](O)C5OC(C)C(O)C(O)C5O)CCC34C)C2C1. The van der Waals surface area contributed by atoms with E-state index in [-0.39, 0.29) is 28.1 Å². The van der Waals surface area contributed by atoms with Crippen LogP contribution < -0.4 is 0 Å². The summed E-state index contributed by atoms with van der Waals surface area (Å²) in [5.41, 5.74) is 0.903. The highest BCUT2D eigenvalue weighted by Gasteiger charge is 2.66. The Hall–Kier alpha value is -0.990. The molecule has 7 nitrogen and oxygen atoms in total. The van der Waals surface area contributed by atoms with Crippen molar-refractivity contribution in [1.82, 2.24) is 0 Å². The zero-order valence-electron chi connectivity index (χ0n) is 26.6. The topological polar surface area (TPSA) is 127 Å². The average molecular weight is 589 g/mol. The normalized spacial score (nSPS) is 54.3. The summed E-state index contributed by atoms with van der Waals surface area (Å²) in [6.45, 7) is 13.5. The van der Waals surface area contributed by atoms with E-state index < -0.39 is 48.0 Å². The number of aliphatic carboxylic acids is 1. The van der Waals surface area contributed by atoms with Crippen LogP contribution in [0.1, 0.15) is 106 Å². The first-order valence-electron chi connectivity index (χ1n) is 16.9. The Morgan fingerprint density at radius 3 is 2.21 bits per heavy atom. The Morgan fingerprint density at radius 1 is 0.857 bits per heavy atom. The van der Waals surface area contributed by atoms with Crippen LogP contribution in [0.2, 0.25) is 0 Å². The lowest BCUT2D eigenvalue weighted by molar-refractivity contribution is -0.258. The van der Waals surface area contributed by atoms with E-state index in [2.05, 4.69) is 40.7 Å². The number of fused-ring (bicyclic) bond motifs is 7. The van der Waals surface area contributed by atoms with Crippen LogP contribution in [-0.2, 0) is 9.53 Å². The first-order chi connectivity index (χ1) is 19.6. The molecule has 5 fully saturated rings. The molecule has 0 aromatic rings. The van der Waals surface area contributed by atoms with Crippen molar-refractivity contribution in [2.75, 3.05) is 0 Å². The standard InChI is InChI=1S/C35H56O7/c1-18-9-15-35(31(40)41)16-11-21-20(23(35)17-18)7-8-25-33(21,5)14-12-24-32(3,4)22(10-13-34(24,25)6)27(37)30-29(39)28(38)26(36)19(2)42-30/h7,18-19,21-30,36-39H,8-17H2,1-6H3,(H,40,41)/t18?,19?,21?,22?,23?,24?,25?,26?,27-,28?,29?,30?,33?,34?,35?/m0/s1. The first-order valence-corrected chi connectivity index (χ1v) is 16.9. The van der Waals surface area contributed by atoms with Crippen LogP contribution >= 0.6 is 0 Å². The van der Waals surface area contributed by atoms with Gasteiger partial charge in [-0.05, 0) is 123 Å². The molecule has 1 heterocycles. The second-order valence-electron chi connectivity index (χ2n) is 16.8. The molecule has 42 heavy (non-hydrogen) atoms. The van der Waals surface area contributed by atoms with Gasteiger partial charge in [-0.15, -0.1) is 0 Å². The molecule has 6 rings (SSSR count). The molecule has 5 N–H and O–H groups in total. The molecule has 238 valence electrons. The first kappa shape index (κ1) is 31.0. The van der Waals surface area contributed by atoms with E-state index >= 15 is 0 Å². The van der Waals surface area contributed by atoms with Gasteiger partial charge < -0.3 is 30.3 Å². The number of hydrogen-bond donors (Lipinski definition) is 5. The number of carbonyl (C=O) groups is 1. The number of rotatable bonds is 3. The molecule has 1 aliphatic heterocycles. The van der Waals surface area contributed by atoms with Crippen molar-refractivity contribution in [1.29, 1.82) is 0 Å². The van der Waals surface area contributed by atoms with Crippen molar-refractivity contribution >= 4 is 5.97 Å². The molecule has 0 radical (unpaired) electrons. The maximum Gasteiger partial charge on any atom is 0.310 e. The lowest BCUT2D eigenvalue weighted by Gasteiger charge is -2.68. The molecule has 6 aliphatic rings. The summed E-state index contributed by atoms with van der Waals surface area (Å²) < 4.78 is 5.93. The molecule has 15 atom stereocenters. The van der Waals surface area contributed by atoms with E-state index in [4.69, 9.17) is 4.74 Å². The van der Waals surface area contributed by atoms with Crippen LogP contribution in [0.4, 0.5) is 0 Å². The summed E-state index contributed by atoms with van der Waals surface area (Å²) in [7, 11) is 0. The van der Waals surface area contributed by atoms with Crippen molar-refractivity contribution in [2.24, 2.45) is 57.2 Å². The molecule has 0 spiro atoms. The maximum atomic E-state index is 12.7. The summed E-state index contributed by atoms with van der Waals surface area (Å²) in [5, 5.41) is 53.6. The molecule has 0 aromatic heterocycles. The van der Waals surface area contributed by atoms with Crippen molar-refractivity contribution in [3.8, 4) is 0 Å². The average Bonchev–Trinajstić information content (AvgIpc) is 2.92. The van der Waals surface area contributed by atoms with Crippen LogP contribution in [0.5, 0.6) is 0 Å². The summed E-state index contributed by atoms with van der Waals surface area (Å²) >= 11 is 0. The number of ether oxygens (including phenoxy) is 1. The number of hydrogen-bond acceptors (Lipinski definition) is 6. The third-order valence-corrected chi connectivity index (χ3v) is 14.7. The predicted octanol–water partition coefficient (Wildman–Crippen LogP) is 4.94. The van der Waals surface area contributed by atoms with Crippen molar-refractivity contribution in [3.63, 3.8) is 0 Å². The van der Waals surface area contributed by atoms with E-state index in [1.807, 2.05) is 0 Å².